The van der Waals surface area contributed by atoms with Crippen LogP contribution in [0.4, 0.5) is 0 Å². The van der Waals surface area contributed by atoms with Crippen LogP contribution in [0, 0.1) is 16.7 Å². The summed E-state index contributed by atoms with van der Waals surface area (Å²) in [5.41, 5.74) is -0.572. The van der Waals surface area contributed by atoms with Gasteiger partial charge in [0, 0.05) is 17.5 Å². The SMILES string of the molecule is CC(C)N(C(C)C)S(=O)(=O)CC1(C)[C@@H]2CC[C@@]1(C)[C@H](O)C2. The average Bonchev–Trinajstić information content (AvgIpc) is 2.60. The largest absolute Gasteiger partial charge is 0.393 e. The van der Waals surface area contributed by atoms with E-state index in [2.05, 4.69) is 13.8 Å². The molecule has 2 fully saturated rings. The molecule has 2 rings (SSSR count). The van der Waals surface area contributed by atoms with Crippen molar-refractivity contribution in [3.8, 4) is 0 Å². The molecular weight excluding hydrogens is 286 g/mol. The topological polar surface area (TPSA) is 57.6 Å². The Hall–Kier alpha value is -0.130. The fraction of sp³-hybridized carbons (Fsp3) is 1.00. The highest BCUT2D eigenvalue weighted by Gasteiger charge is 2.64. The smallest absolute Gasteiger partial charge is 0.215 e. The zero-order valence-corrected chi connectivity index (χ0v) is 15.1. The van der Waals surface area contributed by atoms with E-state index in [4.69, 9.17) is 0 Å². The molecule has 2 aliphatic carbocycles. The predicted octanol–water partition coefficient (Wildman–Crippen LogP) is 2.62. The lowest BCUT2D eigenvalue weighted by Crippen LogP contribution is -2.49. The molecule has 5 heteroatoms. The van der Waals surface area contributed by atoms with Gasteiger partial charge in [-0.2, -0.15) is 4.31 Å². The van der Waals surface area contributed by atoms with Crippen LogP contribution in [0.3, 0.4) is 0 Å². The first-order valence-electron chi connectivity index (χ1n) is 8.15. The third-order valence-electron chi connectivity index (χ3n) is 6.28. The van der Waals surface area contributed by atoms with Crippen LogP contribution in [0.5, 0.6) is 0 Å². The van der Waals surface area contributed by atoms with Gasteiger partial charge in [0.15, 0.2) is 0 Å². The Morgan fingerprint density at radius 2 is 1.71 bits per heavy atom. The van der Waals surface area contributed by atoms with Gasteiger partial charge in [-0.3, -0.25) is 0 Å². The van der Waals surface area contributed by atoms with Crippen molar-refractivity contribution in [2.75, 3.05) is 5.75 Å². The molecule has 2 aliphatic rings. The molecule has 4 nitrogen and oxygen atoms in total. The maximum Gasteiger partial charge on any atom is 0.215 e. The molecule has 1 N–H and O–H groups in total. The molecule has 124 valence electrons. The Morgan fingerprint density at radius 3 is 2.05 bits per heavy atom. The fourth-order valence-electron chi connectivity index (χ4n) is 4.97. The van der Waals surface area contributed by atoms with E-state index in [1.54, 1.807) is 4.31 Å². The molecule has 2 saturated carbocycles. The number of hydrogen-bond acceptors (Lipinski definition) is 3. The molecule has 2 bridgehead atoms. The molecule has 1 unspecified atom stereocenters. The van der Waals surface area contributed by atoms with E-state index in [0.717, 1.165) is 19.3 Å². The lowest BCUT2D eigenvalue weighted by Gasteiger charge is -2.41. The maximum absolute atomic E-state index is 13.0. The molecule has 0 aromatic rings. The minimum absolute atomic E-state index is 0.0321. The van der Waals surface area contributed by atoms with Gasteiger partial charge < -0.3 is 5.11 Å². The van der Waals surface area contributed by atoms with Crippen molar-refractivity contribution in [3.63, 3.8) is 0 Å². The highest BCUT2D eigenvalue weighted by Crippen LogP contribution is 2.66. The fourth-order valence-corrected chi connectivity index (χ4v) is 7.73. The van der Waals surface area contributed by atoms with Crippen molar-refractivity contribution in [1.29, 1.82) is 0 Å². The summed E-state index contributed by atoms with van der Waals surface area (Å²) in [6.07, 6.45) is 2.38. The second-order valence-corrected chi connectivity index (χ2v) is 9.97. The quantitative estimate of drug-likeness (QED) is 0.848. The third-order valence-corrected chi connectivity index (χ3v) is 8.73. The Labute approximate surface area is 130 Å². The zero-order chi connectivity index (χ0) is 16.2. The van der Waals surface area contributed by atoms with E-state index in [9.17, 15) is 13.5 Å². The van der Waals surface area contributed by atoms with E-state index in [-0.39, 0.29) is 34.8 Å². The molecule has 0 amide bonds. The number of fused-ring (bicyclic) bond motifs is 2. The number of aliphatic hydroxyl groups is 1. The normalized spacial score (nSPS) is 39.9. The lowest BCUT2D eigenvalue weighted by atomic mass is 9.70. The van der Waals surface area contributed by atoms with E-state index in [1.807, 2.05) is 27.7 Å². The minimum atomic E-state index is -3.33. The number of rotatable bonds is 5. The van der Waals surface area contributed by atoms with E-state index >= 15 is 0 Å². The van der Waals surface area contributed by atoms with Crippen LogP contribution in [0.1, 0.15) is 60.8 Å². The van der Waals surface area contributed by atoms with Crippen LogP contribution in [-0.4, -0.2) is 41.8 Å². The number of hydrogen-bond donors (Lipinski definition) is 1. The van der Waals surface area contributed by atoms with Crippen molar-refractivity contribution in [3.05, 3.63) is 0 Å². The summed E-state index contributed by atoms with van der Waals surface area (Å²) in [7, 11) is -3.33. The number of nitrogens with zero attached hydrogens (tertiary/aromatic N) is 1. The minimum Gasteiger partial charge on any atom is -0.393 e. The van der Waals surface area contributed by atoms with Gasteiger partial charge in [0.1, 0.15) is 0 Å². The molecule has 0 spiro atoms. The number of aliphatic hydroxyl groups excluding tert-OH is 1. The van der Waals surface area contributed by atoms with Crippen molar-refractivity contribution in [1.82, 2.24) is 4.31 Å². The van der Waals surface area contributed by atoms with Gasteiger partial charge in [0.25, 0.3) is 0 Å². The Morgan fingerprint density at radius 1 is 1.19 bits per heavy atom. The summed E-state index contributed by atoms with van der Waals surface area (Å²) in [6.45, 7) is 11.9. The van der Waals surface area contributed by atoms with Gasteiger partial charge in [-0.25, -0.2) is 8.42 Å². The Kier molecular flexibility index (Phi) is 4.27. The molecule has 0 aliphatic heterocycles. The predicted molar refractivity (Wildman–Crippen MR) is 85.5 cm³/mol. The van der Waals surface area contributed by atoms with Gasteiger partial charge in [0.05, 0.1) is 11.9 Å². The van der Waals surface area contributed by atoms with Crippen LogP contribution < -0.4 is 0 Å². The van der Waals surface area contributed by atoms with E-state index < -0.39 is 10.0 Å². The summed E-state index contributed by atoms with van der Waals surface area (Å²) in [5, 5.41) is 10.4. The third kappa shape index (κ3) is 2.45. The van der Waals surface area contributed by atoms with Gasteiger partial charge >= 0.3 is 0 Å². The van der Waals surface area contributed by atoms with Crippen molar-refractivity contribution in [2.24, 2.45) is 16.7 Å². The van der Waals surface area contributed by atoms with E-state index in [0.29, 0.717) is 5.92 Å². The number of sulfonamides is 1. The van der Waals surface area contributed by atoms with Gasteiger partial charge in [0.2, 0.25) is 10.0 Å². The summed E-state index contributed by atoms with van der Waals surface area (Å²) < 4.78 is 27.6. The van der Waals surface area contributed by atoms with Crippen LogP contribution in [0.2, 0.25) is 0 Å². The van der Waals surface area contributed by atoms with Crippen molar-refractivity contribution >= 4 is 10.0 Å². The molecule has 4 atom stereocenters. The molecular formula is C16H31NO3S. The van der Waals surface area contributed by atoms with Crippen LogP contribution >= 0.6 is 0 Å². The average molecular weight is 317 g/mol. The highest BCUT2D eigenvalue weighted by atomic mass is 32.2. The first-order valence-corrected chi connectivity index (χ1v) is 9.76. The first kappa shape index (κ1) is 17.2. The van der Waals surface area contributed by atoms with Gasteiger partial charge in [-0.1, -0.05) is 13.8 Å². The maximum atomic E-state index is 13.0. The lowest BCUT2D eigenvalue weighted by molar-refractivity contribution is 0.0134. The summed E-state index contributed by atoms with van der Waals surface area (Å²) in [5.74, 6) is 0.489. The standard InChI is InChI=1S/C16H31NO3S/c1-11(2)17(12(3)4)21(19,20)10-16(6)13-7-8-15(16,5)14(18)9-13/h11-14,18H,7-10H2,1-6H3/t13-,14-,15+,16?/m1/s1. The summed E-state index contributed by atoms with van der Waals surface area (Å²) >= 11 is 0. The van der Waals surface area contributed by atoms with Crippen molar-refractivity contribution in [2.45, 2.75) is 79.0 Å². The van der Waals surface area contributed by atoms with Gasteiger partial charge in [-0.15, -0.1) is 0 Å². The van der Waals surface area contributed by atoms with Crippen molar-refractivity contribution < 1.29 is 13.5 Å². The second kappa shape index (κ2) is 5.20. The van der Waals surface area contributed by atoms with Crippen LogP contribution in [0.25, 0.3) is 0 Å². The Bertz CT molecular complexity index is 494. The molecule has 0 saturated heterocycles. The zero-order valence-electron chi connectivity index (χ0n) is 14.3. The highest BCUT2D eigenvalue weighted by molar-refractivity contribution is 7.89. The second-order valence-electron chi connectivity index (χ2n) is 8.10. The summed E-state index contributed by atoms with van der Waals surface area (Å²) in [4.78, 5) is 0. The molecule has 0 aromatic heterocycles. The molecule has 0 heterocycles. The van der Waals surface area contributed by atoms with E-state index in [1.165, 1.54) is 0 Å². The Balaban J connectivity index is 2.33. The molecule has 0 aromatic carbocycles. The first-order chi connectivity index (χ1) is 9.45. The van der Waals surface area contributed by atoms with Crippen LogP contribution in [-0.2, 0) is 10.0 Å². The molecule has 0 radical (unpaired) electrons. The monoisotopic (exact) mass is 317 g/mol. The summed E-state index contributed by atoms with van der Waals surface area (Å²) in [6, 6.07) is -0.0641. The molecule has 21 heavy (non-hydrogen) atoms. The van der Waals surface area contributed by atoms with Gasteiger partial charge in [-0.05, 0) is 58.3 Å². The van der Waals surface area contributed by atoms with Crippen LogP contribution in [0.15, 0.2) is 0 Å².